The first-order valence-corrected chi connectivity index (χ1v) is 8.24. The molecule has 0 fully saturated rings. The molecule has 1 aliphatic heterocycles. The molecule has 0 radical (unpaired) electrons. The van der Waals surface area contributed by atoms with E-state index in [0.29, 0.717) is 18.8 Å². The molecule has 0 saturated carbocycles. The number of rotatable bonds is 6. The number of ketones is 1. The van der Waals surface area contributed by atoms with Crippen LogP contribution in [0.3, 0.4) is 0 Å². The van der Waals surface area contributed by atoms with E-state index in [4.69, 9.17) is 15.5 Å². The van der Waals surface area contributed by atoms with Crippen LogP contribution in [0.15, 0.2) is 72.6 Å². The van der Waals surface area contributed by atoms with Gasteiger partial charge in [-0.2, -0.15) is 0 Å². The van der Waals surface area contributed by atoms with Gasteiger partial charge in [-0.15, -0.1) is 0 Å². The fourth-order valence-electron chi connectivity index (χ4n) is 2.92. The van der Waals surface area contributed by atoms with E-state index in [0.717, 1.165) is 11.1 Å². The third-order valence-electron chi connectivity index (χ3n) is 4.33. The molecule has 0 amide bonds. The molecule has 1 unspecified atom stereocenters. The number of Topliss-reactive ketones (excluding diaryl/α,β-unsaturated/α-hetero) is 1. The monoisotopic (exact) mass is 338 g/mol. The zero-order chi connectivity index (χ0) is 17.6. The molecular weight excluding hydrogens is 316 g/mol. The third-order valence-corrected chi connectivity index (χ3v) is 4.33. The minimum Gasteiger partial charge on any atom is -0.476 e. The highest BCUT2D eigenvalue weighted by atomic mass is 16.6. The number of hydrogen-bond donors (Lipinski definition) is 1. The van der Waals surface area contributed by atoms with Gasteiger partial charge >= 0.3 is 0 Å². The summed E-state index contributed by atoms with van der Waals surface area (Å²) in [5.74, 6) is 5.46. The predicted molar refractivity (Wildman–Crippen MR) is 95.2 cm³/mol. The van der Waals surface area contributed by atoms with Gasteiger partial charge in [-0.3, -0.25) is 4.79 Å². The van der Waals surface area contributed by atoms with Crippen LogP contribution in [-0.4, -0.2) is 30.4 Å². The van der Waals surface area contributed by atoms with Gasteiger partial charge in [0.25, 0.3) is 0 Å². The second kappa shape index (κ2) is 7.96. The lowest BCUT2D eigenvalue weighted by molar-refractivity contribution is -0.122. The number of carbonyl (C=O) groups excluding carboxylic acids is 1. The summed E-state index contributed by atoms with van der Waals surface area (Å²) >= 11 is 0. The summed E-state index contributed by atoms with van der Waals surface area (Å²) in [7, 11) is 1.89. The van der Waals surface area contributed by atoms with Crippen LogP contribution in [0.2, 0.25) is 0 Å². The summed E-state index contributed by atoms with van der Waals surface area (Å²) in [6.07, 6.45) is 1.71. The number of benzene rings is 2. The molecule has 1 aliphatic rings. The minimum atomic E-state index is -0.340. The number of nitrogens with two attached hydrogens (primary N) is 1. The Morgan fingerprint density at radius 2 is 1.64 bits per heavy atom. The highest BCUT2D eigenvalue weighted by Crippen LogP contribution is 2.30. The van der Waals surface area contributed by atoms with E-state index in [1.165, 1.54) is 0 Å². The van der Waals surface area contributed by atoms with Crippen LogP contribution >= 0.6 is 0 Å². The van der Waals surface area contributed by atoms with Crippen molar-refractivity contribution in [2.24, 2.45) is 5.90 Å². The van der Waals surface area contributed by atoms with Crippen molar-refractivity contribution in [2.45, 2.75) is 18.6 Å². The molecule has 0 bridgehead atoms. The maximum Gasteiger partial charge on any atom is 0.201 e. The average molecular weight is 338 g/mol. The average Bonchev–Trinajstić information content (AvgIpc) is 2.65. The fourth-order valence-corrected chi connectivity index (χ4v) is 2.92. The zero-order valence-corrected chi connectivity index (χ0v) is 14.2. The lowest BCUT2D eigenvalue weighted by atomic mass is 10.0. The first kappa shape index (κ1) is 17.2. The van der Waals surface area contributed by atoms with Gasteiger partial charge in [0.2, 0.25) is 5.78 Å². The molecule has 2 aromatic rings. The Kier molecular flexibility index (Phi) is 5.48. The maximum absolute atomic E-state index is 12.5. The van der Waals surface area contributed by atoms with E-state index in [1.54, 1.807) is 6.20 Å². The smallest absolute Gasteiger partial charge is 0.201 e. The maximum atomic E-state index is 12.5. The van der Waals surface area contributed by atoms with E-state index >= 15 is 0 Å². The number of nitrogens with zero attached hydrogens (tertiary/aromatic N) is 1. The number of ether oxygens (including phenoxy) is 1. The Balaban J connectivity index is 1.88. The summed E-state index contributed by atoms with van der Waals surface area (Å²) in [6, 6.07) is 19.7. The molecule has 2 N–H and O–H groups in total. The molecule has 0 saturated heterocycles. The van der Waals surface area contributed by atoms with Crippen molar-refractivity contribution in [2.75, 3.05) is 13.7 Å². The molecule has 25 heavy (non-hydrogen) atoms. The van der Waals surface area contributed by atoms with E-state index < -0.39 is 0 Å². The van der Waals surface area contributed by atoms with E-state index in [9.17, 15) is 4.79 Å². The normalized spacial score (nSPS) is 17.6. The molecule has 1 heterocycles. The van der Waals surface area contributed by atoms with Crippen LogP contribution in [0, 0.1) is 0 Å². The third kappa shape index (κ3) is 4.07. The molecular formula is C20H22N2O3. The SMILES string of the molecule is CN1C=C(OC(c2ccccc2)c2ccccc2)C(=O)CC1CON. The van der Waals surface area contributed by atoms with E-state index in [2.05, 4.69) is 0 Å². The van der Waals surface area contributed by atoms with Gasteiger partial charge in [0.05, 0.1) is 12.6 Å². The number of likely N-dealkylation sites (N-methyl/N-ethyl adjacent to an activating group) is 1. The van der Waals surface area contributed by atoms with Crippen molar-refractivity contribution in [1.82, 2.24) is 4.90 Å². The highest BCUT2D eigenvalue weighted by molar-refractivity contribution is 5.94. The van der Waals surface area contributed by atoms with Gasteiger partial charge in [0.1, 0.15) is 6.10 Å². The predicted octanol–water partition coefficient (Wildman–Crippen LogP) is 2.80. The highest BCUT2D eigenvalue weighted by Gasteiger charge is 2.29. The molecule has 1 atom stereocenters. The van der Waals surface area contributed by atoms with Crippen LogP contribution in [0.5, 0.6) is 0 Å². The van der Waals surface area contributed by atoms with Gasteiger partial charge in [-0.1, -0.05) is 60.7 Å². The molecule has 0 aliphatic carbocycles. The second-order valence-electron chi connectivity index (χ2n) is 6.09. The molecule has 5 heteroatoms. The topological polar surface area (TPSA) is 64.8 Å². The van der Waals surface area contributed by atoms with Gasteiger partial charge in [0, 0.05) is 19.7 Å². The van der Waals surface area contributed by atoms with E-state index in [1.807, 2.05) is 72.6 Å². The molecule has 0 aromatic heterocycles. The van der Waals surface area contributed by atoms with Crippen molar-refractivity contribution < 1.29 is 14.4 Å². The number of carbonyl (C=O) groups is 1. The van der Waals surface area contributed by atoms with Gasteiger partial charge in [0.15, 0.2) is 5.76 Å². The lowest BCUT2D eigenvalue weighted by Crippen LogP contribution is -2.39. The van der Waals surface area contributed by atoms with Gasteiger partial charge < -0.3 is 14.5 Å². The van der Waals surface area contributed by atoms with Gasteiger partial charge in [-0.05, 0) is 11.1 Å². The Bertz CT molecular complexity index is 692. The van der Waals surface area contributed by atoms with Crippen LogP contribution in [0.25, 0.3) is 0 Å². The number of allylic oxidation sites excluding steroid dienone is 1. The van der Waals surface area contributed by atoms with Crippen molar-refractivity contribution in [3.8, 4) is 0 Å². The van der Waals surface area contributed by atoms with Crippen LogP contribution < -0.4 is 5.90 Å². The van der Waals surface area contributed by atoms with Crippen molar-refractivity contribution in [3.63, 3.8) is 0 Å². The molecule has 5 nitrogen and oxygen atoms in total. The fraction of sp³-hybridized carbons (Fsp3) is 0.250. The summed E-state index contributed by atoms with van der Waals surface area (Å²) < 4.78 is 6.17. The van der Waals surface area contributed by atoms with Crippen LogP contribution in [-0.2, 0) is 14.4 Å². The molecule has 3 rings (SSSR count). The summed E-state index contributed by atoms with van der Waals surface area (Å²) in [5.41, 5.74) is 2.00. The van der Waals surface area contributed by atoms with Crippen molar-refractivity contribution >= 4 is 5.78 Å². The quantitative estimate of drug-likeness (QED) is 0.821. The number of hydrogen-bond acceptors (Lipinski definition) is 5. The summed E-state index contributed by atoms with van der Waals surface area (Å²) in [5, 5.41) is 0. The van der Waals surface area contributed by atoms with Gasteiger partial charge in [-0.25, -0.2) is 5.90 Å². The summed E-state index contributed by atoms with van der Waals surface area (Å²) in [4.78, 5) is 19.1. The largest absolute Gasteiger partial charge is 0.476 e. The first-order chi connectivity index (χ1) is 12.2. The van der Waals surface area contributed by atoms with Crippen molar-refractivity contribution in [1.29, 1.82) is 0 Å². The Morgan fingerprint density at radius 3 is 2.16 bits per heavy atom. The standard InChI is InChI=1S/C20H22N2O3/c1-22-13-19(18(23)12-17(22)14-24-21)25-20(15-8-4-2-5-9-15)16-10-6-3-7-11-16/h2-11,13,17,20H,12,14,21H2,1H3. The Hall–Kier alpha value is -2.63. The van der Waals surface area contributed by atoms with Crippen molar-refractivity contribution in [3.05, 3.63) is 83.7 Å². The summed E-state index contributed by atoms with van der Waals surface area (Å²) in [6.45, 7) is 0.298. The Labute approximate surface area is 147 Å². The Morgan fingerprint density at radius 1 is 1.08 bits per heavy atom. The molecule has 2 aromatic carbocycles. The lowest BCUT2D eigenvalue weighted by Gasteiger charge is -2.32. The molecule has 0 spiro atoms. The first-order valence-electron chi connectivity index (χ1n) is 8.24. The molecule has 130 valence electrons. The van der Waals surface area contributed by atoms with E-state index in [-0.39, 0.29) is 17.9 Å². The zero-order valence-electron chi connectivity index (χ0n) is 14.2. The van der Waals surface area contributed by atoms with Crippen LogP contribution in [0.4, 0.5) is 0 Å². The van der Waals surface area contributed by atoms with Crippen LogP contribution in [0.1, 0.15) is 23.7 Å². The minimum absolute atomic E-state index is 0.0444. The second-order valence-corrected chi connectivity index (χ2v) is 6.09.